The van der Waals surface area contributed by atoms with E-state index in [-0.39, 0.29) is 5.91 Å². The number of hydrogen-bond donors (Lipinski definition) is 2. The van der Waals surface area contributed by atoms with Gasteiger partial charge in [-0.3, -0.25) is 4.79 Å². The molecule has 78 valence electrons. The predicted molar refractivity (Wildman–Crippen MR) is 55.7 cm³/mol. The molecule has 0 saturated carbocycles. The molecule has 1 amide bonds. The quantitative estimate of drug-likeness (QED) is 0.598. The Kier molecular flexibility index (Phi) is 9.10. The Morgan fingerprint density at radius 3 is 1.77 bits per heavy atom. The van der Waals surface area contributed by atoms with Crippen molar-refractivity contribution in [1.29, 1.82) is 0 Å². The van der Waals surface area contributed by atoms with Crippen LogP contribution in [0.15, 0.2) is 0 Å². The Hall–Kier alpha value is -0.570. The number of carbonyl (C=O) groups excluding carboxylic acids is 1. The van der Waals surface area contributed by atoms with Crippen LogP contribution in [0, 0.1) is 0 Å². The Balaban J connectivity index is 0.000000189. The van der Waals surface area contributed by atoms with Crippen molar-refractivity contribution < 1.29 is 4.79 Å². The summed E-state index contributed by atoms with van der Waals surface area (Å²) in [5.74, 6) is 0.204. The molecule has 3 heteroatoms. The van der Waals surface area contributed by atoms with Crippen LogP contribution >= 0.6 is 0 Å². The van der Waals surface area contributed by atoms with Gasteiger partial charge in [0.05, 0.1) is 0 Å². The Morgan fingerprint density at radius 2 is 1.62 bits per heavy atom. The highest BCUT2D eigenvalue weighted by molar-refractivity contribution is 5.77. The molecule has 0 aromatic heterocycles. The first-order valence-corrected chi connectivity index (χ1v) is 5.37. The number of nitrogens with one attached hydrogen (secondary N) is 2. The molecule has 0 aromatic carbocycles. The first kappa shape index (κ1) is 12.4. The molecule has 0 spiro atoms. The van der Waals surface area contributed by atoms with Gasteiger partial charge in [-0.1, -0.05) is 13.8 Å². The van der Waals surface area contributed by atoms with Crippen LogP contribution in [0.25, 0.3) is 0 Å². The predicted octanol–water partition coefficient (Wildman–Crippen LogP) is 1.29. The SMILES string of the molecule is C1CCNC1.CC.O=C1CCCN1. The van der Waals surface area contributed by atoms with Crippen molar-refractivity contribution in [2.45, 2.75) is 39.5 Å². The third kappa shape index (κ3) is 7.78. The summed E-state index contributed by atoms with van der Waals surface area (Å²) in [4.78, 5) is 10.1. The molecule has 2 saturated heterocycles. The van der Waals surface area contributed by atoms with E-state index in [1.165, 1.54) is 25.9 Å². The van der Waals surface area contributed by atoms with Crippen LogP contribution < -0.4 is 10.6 Å². The van der Waals surface area contributed by atoms with Crippen molar-refractivity contribution in [3.05, 3.63) is 0 Å². The van der Waals surface area contributed by atoms with Gasteiger partial charge in [-0.25, -0.2) is 0 Å². The molecule has 0 bridgehead atoms. The lowest BCUT2D eigenvalue weighted by Crippen LogP contribution is -2.12. The van der Waals surface area contributed by atoms with Gasteiger partial charge in [-0.15, -0.1) is 0 Å². The van der Waals surface area contributed by atoms with Crippen molar-refractivity contribution in [1.82, 2.24) is 10.6 Å². The number of carbonyl (C=O) groups is 1. The lowest BCUT2D eigenvalue weighted by molar-refractivity contribution is -0.119. The lowest BCUT2D eigenvalue weighted by Gasteiger charge is -1.80. The van der Waals surface area contributed by atoms with Gasteiger partial charge in [0.2, 0.25) is 5.91 Å². The zero-order chi connectivity index (χ0) is 9.94. The van der Waals surface area contributed by atoms with E-state index in [4.69, 9.17) is 0 Å². The summed E-state index contributed by atoms with van der Waals surface area (Å²) < 4.78 is 0. The number of hydrogen-bond acceptors (Lipinski definition) is 2. The fraction of sp³-hybridized carbons (Fsp3) is 0.900. The Morgan fingerprint density at radius 1 is 1.00 bits per heavy atom. The molecule has 13 heavy (non-hydrogen) atoms. The van der Waals surface area contributed by atoms with E-state index in [1.54, 1.807) is 0 Å². The summed E-state index contributed by atoms with van der Waals surface area (Å²) in [6, 6.07) is 0. The molecular weight excluding hydrogens is 164 g/mol. The fourth-order valence-electron chi connectivity index (χ4n) is 1.19. The number of amides is 1. The Bertz CT molecular complexity index is 106. The standard InChI is InChI=1S/C4H7NO.C4H9N.C2H6/c6-4-2-1-3-5-4;1-2-4-5-3-1;1-2/h1-3H2,(H,5,6);5H,1-4H2;1-2H3. The summed E-state index contributed by atoms with van der Waals surface area (Å²) >= 11 is 0. The second-order valence-corrected chi connectivity index (χ2v) is 2.91. The average molecular weight is 186 g/mol. The van der Waals surface area contributed by atoms with E-state index >= 15 is 0 Å². The van der Waals surface area contributed by atoms with Gasteiger partial charge in [-0.05, 0) is 32.4 Å². The molecule has 0 radical (unpaired) electrons. The van der Waals surface area contributed by atoms with E-state index in [1.807, 2.05) is 13.8 Å². The molecule has 0 atom stereocenters. The van der Waals surface area contributed by atoms with E-state index in [0.29, 0.717) is 0 Å². The molecule has 2 N–H and O–H groups in total. The highest BCUT2D eigenvalue weighted by atomic mass is 16.1. The molecule has 0 aromatic rings. The van der Waals surface area contributed by atoms with Crippen LogP contribution in [0.5, 0.6) is 0 Å². The van der Waals surface area contributed by atoms with Crippen LogP contribution in [0.2, 0.25) is 0 Å². The summed E-state index contributed by atoms with van der Waals surface area (Å²) in [6.07, 6.45) is 4.54. The number of rotatable bonds is 0. The van der Waals surface area contributed by atoms with Gasteiger partial charge in [0, 0.05) is 13.0 Å². The second kappa shape index (κ2) is 9.52. The first-order chi connectivity index (χ1) is 6.39. The molecule has 2 aliphatic heterocycles. The maximum absolute atomic E-state index is 10.1. The summed E-state index contributed by atoms with van der Waals surface area (Å²) in [5, 5.41) is 5.90. The van der Waals surface area contributed by atoms with Crippen molar-refractivity contribution in [3.8, 4) is 0 Å². The van der Waals surface area contributed by atoms with E-state index in [2.05, 4.69) is 10.6 Å². The summed E-state index contributed by atoms with van der Waals surface area (Å²) in [5.41, 5.74) is 0. The maximum atomic E-state index is 10.1. The third-order valence-corrected chi connectivity index (χ3v) is 1.86. The van der Waals surface area contributed by atoms with Crippen LogP contribution in [-0.4, -0.2) is 25.5 Å². The highest BCUT2D eigenvalue weighted by Gasteiger charge is 2.05. The van der Waals surface area contributed by atoms with Crippen LogP contribution in [0.1, 0.15) is 39.5 Å². The second-order valence-electron chi connectivity index (χ2n) is 2.91. The van der Waals surface area contributed by atoms with Crippen molar-refractivity contribution in [3.63, 3.8) is 0 Å². The van der Waals surface area contributed by atoms with Crippen LogP contribution in [0.3, 0.4) is 0 Å². The van der Waals surface area contributed by atoms with E-state index < -0.39 is 0 Å². The highest BCUT2D eigenvalue weighted by Crippen LogP contribution is 1.93. The molecule has 2 aliphatic rings. The minimum absolute atomic E-state index is 0.204. The molecule has 3 nitrogen and oxygen atoms in total. The topological polar surface area (TPSA) is 41.1 Å². The minimum atomic E-state index is 0.204. The van der Waals surface area contributed by atoms with Gasteiger partial charge < -0.3 is 10.6 Å². The van der Waals surface area contributed by atoms with Crippen LogP contribution in [-0.2, 0) is 4.79 Å². The average Bonchev–Trinajstić information content (AvgIpc) is 2.81. The lowest BCUT2D eigenvalue weighted by atomic mass is 10.4. The van der Waals surface area contributed by atoms with E-state index in [9.17, 15) is 4.79 Å². The monoisotopic (exact) mass is 186 g/mol. The zero-order valence-electron chi connectivity index (χ0n) is 8.86. The van der Waals surface area contributed by atoms with E-state index in [0.717, 1.165) is 19.4 Å². The Labute approximate surface area is 81.3 Å². The molecule has 0 unspecified atom stereocenters. The van der Waals surface area contributed by atoms with Crippen molar-refractivity contribution >= 4 is 5.91 Å². The van der Waals surface area contributed by atoms with Gasteiger partial charge >= 0.3 is 0 Å². The van der Waals surface area contributed by atoms with Gasteiger partial charge in [-0.2, -0.15) is 0 Å². The van der Waals surface area contributed by atoms with Gasteiger partial charge in [0.25, 0.3) is 0 Å². The zero-order valence-corrected chi connectivity index (χ0v) is 8.86. The summed E-state index contributed by atoms with van der Waals surface area (Å²) in [6.45, 7) is 7.39. The first-order valence-electron chi connectivity index (χ1n) is 5.37. The normalized spacial score (nSPS) is 19.4. The fourth-order valence-corrected chi connectivity index (χ4v) is 1.19. The smallest absolute Gasteiger partial charge is 0.220 e. The molecule has 2 fully saturated rings. The minimum Gasteiger partial charge on any atom is -0.356 e. The molecule has 2 rings (SSSR count). The maximum Gasteiger partial charge on any atom is 0.220 e. The molecular formula is C10H22N2O. The molecule has 2 heterocycles. The van der Waals surface area contributed by atoms with Gasteiger partial charge in [0.1, 0.15) is 0 Å². The molecule has 0 aliphatic carbocycles. The largest absolute Gasteiger partial charge is 0.356 e. The summed E-state index contributed by atoms with van der Waals surface area (Å²) in [7, 11) is 0. The van der Waals surface area contributed by atoms with Crippen molar-refractivity contribution in [2.75, 3.05) is 19.6 Å². The van der Waals surface area contributed by atoms with Crippen LogP contribution in [0.4, 0.5) is 0 Å². The van der Waals surface area contributed by atoms with Gasteiger partial charge in [0.15, 0.2) is 0 Å². The third-order valence-electron chi connectivity index (χ3n) is 1.86. The van der Waals surface area contributed by atoms with Crippen molar-refractivity contribution in [2.24, 2.45) is 0 Å².